The second-order valence-corrected chi connectivity index (χ2v) is 4.16. The lowest BCUT2D eigenvalue weighted by Crippen LogP contribution is -2.40. The molecule has 1 aliphatic rings. The fourth-order valence-electron chi connectivity index (χ4n) is 2.13. The number of carbonyl (C=O) groups is 1. The van der Waals surface area contributed by atoms with Crippen molar-refractivity contribution in [3.63, 3.8) is 0 Å². The number of esters is 1. The van der Waals surface area contributed by atoms with Crippen LogP contribution in [0.25, 0.3) is 0 Å². The van der Waals surface area contributed by atoms with Crippen LogP contribution >= 0.6 is 0 Å². The molecule has 0 spiro atoms. The second kappa shape index (κ2) is 5.47. The average molecular weight is 216 g/mol. The maximum Gasteiger partial charge on any atom is 0.308 e. The molecular formula is C11H20O4. The number of hydrogen-bond donors (Lipinski definition) is 1. The molecule has 1 saturated carbocycles. The van der Waals surface area contributed by atoms with Crippen LogP contribution in [0.5, 0.6) is 0 Å². The van der Waals surface area contributed by atoms with E-state index in [1.54, 1.807) is 14.0 Å². The van der Waals surface area contributed by atoms with Gasteiger partial charge >= 0.3 is 5.97 Å². The average Bonchev–Trinajstić information content (AvgIpc) is 2.17. The molecule has 0 aromatic rings. The molecule has 4 nitrogen and oxygen atoms in total. The first kappa shape index (κ1) is 12.5. The lowest BCUT2D eigenvalue weighted by molar-refractivity contribution is -0.152. The fourth-order valence-corrected chi connectivity index (χ4v) is 2.13. The molecule has 0 aliphatic heterocycles. The molecule has 1 N–H and O–H groups in total. The van der Waals surface area contributed by atoms with E-state index in [9.17, 15) is 9.90 Å². The third kappa shape index (κ3) is 3.80. The molecule has 0 aromatic carbocycles. The summed E-state index contributed by atoms with van der Waals surface area (Å²) in [7, 11) is 1.64. The van der Waals surface area contributed by atoms with Crippen molar-refractivity contribution in [1.29, 1.82) is 0 Å². The zero-order valence-corrected chi connectivity index (χ0v) is 9.49. The summed E-state index contributed by atoms with van der Waals surface area (Å²) in [5.74, 6) is -0.322. The minimum absolute atomic E-state index is 0.0678. The molecule has 0 heterocycles. The minimum Gasteiger partial charge on any atom is -0.466 e. The van der Waals surface area contributed by atoms with Gasteiger partial charge in [0.05, 0.1) is 24.7 Å². The molecule has 0 radical (unpaired) electrons. The van der Waals surface area contributed by atoms with Crippen molar-refractivity contribution in [3.8, 4) is 0 Å². The van der Waals surface area contributed by atoms with Crippen molar-refractivity contribution in [2.75, 3.05) is 13.7 Å². The molecule has 0 amide bonds. The van der Waals surface area contributed by atoms with Gasteiger partial charge in [-0.25, -0.2) is 0 Å². The van der Waals surface area contributed by atoms with E-state index in [0.29, 0.717) is 19.4 Å². The molecule has 0 bridgehead atoms. The standard InChI is InChI=1S/C11H20O4/c1-3-15-10(12)8-11(13)6-4-5-9(7-11)14-2/h9,13H,3-8H2,1-2H3. The Kier molecular flexibility index (Phi) is 4.54. The van der Waals surface area contributed by atoms with Crippen LogP contribution in [0.1, 0.15) is 39.0 Å². The Morgan fingerprint density at radius 1 is 1.60 bits per heavy atom. The van der Waals surface area contributed by atoms with Gasteiger partial charge in [0, 0.05) is 13.5 Å². The summed E-state index contributed by atoms with van der Waals surface area (Å²) < 4.78 is 10.1. The van der Waals surface area contributed by atoms with Crippen LogP contribution in [0.3, 0.4) is 0 Å². The maximum atomic E-state index is 11.3. The van der Waals surface area contributed by atoms with Gasteiger partial charge in [-0.05, 0) is 26.2 Å². The van der Waals surface area contributed by atoms with E-state index in [0.717, 1.165) is 12.8 Å². The lowest BCUT2D eigenvalue weighted by atomic mass is 9.81. The van der Waals surface area contributed by atoms with Crippen molar-refractivity contribution < 1.29 is 19.4 Å². The van der Waals surface area contributed by atoms with E-state index < -0.39 is 5.60 Å². The number of methoxy groups -OCH3 is 1. The number of hydrogen-bond acceptors (Lipinski definition) is 4. The Morgan fingerprint density at radius 3 is 2.93 bits per heavy atom. The Hall–Kier alpha value is -0.610. The molecular weight excluding hydrogens is 196 g/mol. The van der Waals surface area contributed by atoms with Crippen LogP contribution in [0, 0.1) is 0 Å². The first-order chi connectivity index (χ1) is 7.09. The van der Waals surface area contributed by atoms with Gasteiger partial charge in [0.15, 0.2) is 0 Å². The Labute approximate surface area is 90.6 Å². The molecule has 2 unspecified atom stereocenters. The van der Waals surface area contributed by atoms with Crippen LogP contribution in [0.15, 0.2) is 0 Å². The smallest absolute Gasteiger partial charge is 0.308 e. The molecule has 88 valence electrons. The predicted octanol–water partition coefficient (Wildman–Crippen LogP) is 1.26. The quantitative estimate of drug-likeness (QED) is 0.719. The zero-order chi connectivity index (χ0) is 11.3. The van der Waals surface area contributed by atoms with Crippen LogP contribution in [-0.4, -0.2) is 36.5 Å². The zero-order valence-electron chi connectivity index (χ0n) is 9.49. The minimum atomic E-state index is -0.925. The highest BCUT2D eigenvalue weighted by molar-refractivity contribution is 5.70. The second-order valence-electron chi connectivity index (χ2n) is 4.16. The highest BCUT2D eigenvalue weighted by Crippen LogP contribution is 2.32. The molecule has 1 aliphatic carbocycles. The van der Waals surface area contributed by atoms with Crippen molar-refractivity contribution in [1.82, 2.24) is 0 Å². The summed E-state index contributed by atoms with van der Waals surface area (Å²) in [6, 6.07) is 0. The topological polar surface area (TPSA) is 55.8 Å². The molecule has 0 saturated heterocycles. The molecule has 1 rings (SSSR count). The van der Waals surface area contributed by atoms with Crippen molar-refractivity contribution >= 4 is 5.97 Å². The van der Waals surface area contributed by atoms with E-state index in [1.807, 2.05) is 0 Å². The van der Waals surface area contributed by atoms with Crippen LogP contribution in [0.2, 0.25) is 0 Å². The number of carbonyl (C=O) groups excluding carboxylic acids is 1. The van der Waals surface area contributed by atoms with Gasteiger partial charge in [-0.15, -0.1) is 0 Å². The van der Waals surface area contributed by atoms with E-state index in [1.165, 1.54) is 0 Å². The summed E-state index contributed by atoms with van der Waals surface area (Å²) >= 11 is 0. The Morgan fingerprint density at radius 2 is 2.33 bits per heavy atom. The van der Waals surface area contributed by atoms with Gasteiger partial charge in [0.2, 0.25) is 0 Å². The van der Waals surface area contributed by atoms with E-state index in [-0.39, 0.29) is 18.5 Å². The third-order valence-electron chi connectivity index (χ3n) is 2.89. The molecule has 4 heteroatoms. The summed E-state index contributed by atoms with van der Waals surface area (Å²) in [5, 5.41) is 10.2. The first-order valence-electron chi connectivity index (χ1n) is 5.50. The largest absolute Gasteiger partial charge is 0.466 e. The van der Waals surface area contributed by atoms with Gasteiger partial charge in [-0.1, -0.05) is 0 Å². The molecule has 0 aromatic heterocycles. The molecule has 1 fully saturated rings. The van der Waals surface area contributed by atoms with Gasteiger partial charge in [0.25, 0.3) is 0 Å². The SMILES string of the molecule is CCOC(=O)CC1(O)CCCC(OC)C1. The van der Waals surface area contributed by atoms with Crippen LogP contribution in [-0.2, 0) is 14.3 Å². The number of aliphatic hydroxyl groups is 1. The number of rotatable bonds is 4. The molecule has 15 heavy (non-hydrogen) atoms. The first-order valence-corrected chi connectivity index (χ1v) is 5.50. The summed E-state index contributed by atoms with van der Waals surface area (Å²) in [4.78, 5) is 11.3. The van der Waals surface area contributed by atoms with Gasteiger partial charge in [-0.2, -0.15) is 0 Å². The molecule has 2 atom stereocenters. The van der Waals surface area contributed by atoms with Gasteiger partial charge in [-0.3, -0.25) is 4.79 Å². The summed E-state index contributed by atoms with van der Waals surface area (Å²) in [6.45, 7) is 2.13. The van der Waals surface area contributed by atoms with E-state index >= 15 is 0 Å². The van der Waals surface area contributed by atoms with E-state index in [2.05, 4.69) is 0 Å². The maximum absolute atomic E-state index is 11.3. The van der Waals surface area contributed by atoms with Crippen molar-refractivity contribution in [2.45, 2.75) is 50.7 Å². The van der Waals surface area contributed by atoms with Crippen LogP contribution < -0.4 is 0 Å². The highest BCUT2D eigenvalue weighted by Gasteiger charge is 2.36. The van der Waals surface area contributed by atoms with Crippen LogP contribution in [0.4, 0.5) is 0 Å². The Balaban J connectivity index is 2.46. The predicted molar refractivity (Wildman–Crippen MR) is 55.5 cm³/mol. The number of ether oxygens (including phenoxy) is 2. The third-order valence-corrected chi connectivity index (χ3v) is 2.89. The fraction of sp³-hybridized carbons (Fsp3) is 0.909. The van der Waals surface area contributed by atoms with Crippen molar-refractivity contribution in [2.24, 2.45) is 0 Å². The summed E-state index contributed by atoms with van der Waals surface area (Å²) in [5.41, 5.74) is -0.925. The monoisotopic (exact) mass is 216 g/mol. The normalized spacial score (nSPS) is 31.3. The van der Waals surface area contributed by atoms with Gasteiger partial charge < -0.3 is 14.6 Å². The Bertz CT molecular complexity index is 217. The lowest BCUT2D eigenvalue weighted by Gasteiger charge is -2.35. The summed E-state index contributed by atoms with van der Waals surface area (Å²) in [6.07, 6.45) is 3.20. The van der Waals surface area contributed by atoms with E-state index in [4.69, 9.17) is 9.47 Å². The van der Waals surface area contributed by atoms with Gasteiger partial charge in [0.1, 0.15) is 0 Å². The highest BCUT2D eigenvalue weighted by atomic mass is 16.5. The van der Waals surface area contributed by atoms with Crippen molar-refractivity contribution in [3.05, 3.63) is 0 Å².